The Balaban J connectivity index is 1.68. The molecular weight excluding hydrogens is 300 g/mol. The average Bonchev–Trinajstić information content (AvgIpc) is 2.91. The van der Waals surface area contributed by atoms with Crippen molar-refractivity contribution in [2.75, 3.05) is 47.9 Å². The number of ether oxygens (including phenoxy) is 2. The molecule has 1 aliphatic carbocycles. The second-order valence-corrected chi connectivity index (χ2v) is 8.35. The molecule has 2 aliphatic heterocycles. The van der Waals surface area contributed by atoms with Gasteiger partial charge in [0.25, 0.3) is 0 Å². The smallest absolute Gasteiger partial charge is 0.161 e. The number of benzene rings is 1. The van der Waals surface area contributed by atoms with E-state index in [0.29, 0.717) is 11.5 Å². The molecule has 0 N–H and O–H groups in total. The molecule has 2 heterocycles. The minimum absolute atomic E-state index is 0.285. The largest absolute Gasteiger partial charge is 0.493 e. The Morgan fingerprint density at radius 3 is 2.42 bits per heavy atom. The fraction of sp³-hybridized carbons (Fsp3) is 0.700. The van der Waals surface area contributed by atoms with Gasteiger partial charge in [0.05, 0.1) is 14.2 Å². The first-order valence-electron chi connectivity index (χ1n) is 9.13. The molecule has 4 nitrogen and oxygen atoms in total. The topological polar surface area (TPSA) is 24.9 Å². The molecule has 0 aromatic heterocycles. The number of methoxy groups -OCH3 is 2. The normalized spacial score (nSPS) is 32.4. The first-order chi connectivity index (χ1) is 11.5. The van der Waals surface area contributed by atoms with E-state index in [1.54, 1.807) is 14.2 Å². The number of likely N-dealkylation sites (N-methyl/N-ethyl adjacent to an activating group) is 1. The molecule has 1 spiro atoms. The van der Waals surface area contributed by atoms with Crippen molar-refractivity contribution in [3.05, 3.63) is 23.8 Å². The van der Waals surface area contributed by atoms with Crippen LogP contribution in [-0.2, 0) is 5.41 Å². The van der Waals surface area contributed by atoms with Gasteiger partial charge < -0.3 is 19.3 Å². The zero-order chi connectivity index (χ0) is 16.9. The lowest BCUT2D eigenvalue weighted by molar-refractivity contribution is -0.0477. The van der Waals surface area contributed by atoms with E-state index in [4.69, 9.17) is 9.47 Å². The lowest BCUT2D eigenvalue weighted by Gasteiger charge is -2.57. The third-order valence-electron chi connectivity index (χ3n) is 6.98. The zero-order valence-corrected chi connectivity index (χ0v) is 15.5. The molecule has 0 bridgehead atoms. The van der Waals surface area contributed by atoms with Crippen molar-refractivity contribution in [2.45, 2.75) is 37.1 Å². The highest BCUT2D eigenvalue weighted by Gasteiger charge is 2.56. The van der Waals surface area contributed by atoms with Crippen molar-refractivity contribution in [3.8, 4) is 11.5 Å². The zero-order valence-electron chi connectivity index (χ0n) is 15.5. The minimum atomic E-state index is 0.285. The fourth-order valence-electron chi connectivity index (χ4n) is 5.78. The predicted molar refractivity (Wildman–Crippen MR) is 96.0 cm³/mol. The quantitative estimate of drug-likeness (QED) is 0.851. The molecule has 132 valence electrons. The SMILES string of the molecule is COc1ccc(C23CCN(C)C2CC2(CC3)CN(C)C2)cc1OC. The van der Waals surface area contributed by atoms with Crippen molar-refractivity contribution >= 4 is 0 Å². The van der Waals surface area contributed by atoms with Gasteiger partial charge in [-0.2, -0.15) is 0 Å². The summed E-state index contributed by atoms with van der Waals surface area (Å²) in [6, 6.07) is 7.24. The third kappa shape index (κ3) is 2.26. The number of nitrogens with zero attached hydrogens (tertiary/aromatic N) is 2. The molecule has 3 aliphatic rings. The molecule has 4 heteroatoms. The summed E-state index contributed by atoms with van der Waals surface area (Å²) in [5.41, 5.74) is 2.29. The van der Waals surface area contributed by atoms with Crippen molar-refractivity contribution < 1.29 is 9.47 Å². The summed E-state index contributed by atoms with van der Waals surface area (Å²) < 4.78 is 11.0. The van der Waals surface area contributed by atoms with Gasteiger partial charge in [0.15, 0.2) is 11.5 Å². The van der Waals surface area contributed by atoms with E-state index in [1.807, 2.05) is 0 Å². The minimum Gasteiger partial charge on any atom is -0.493 e. The van der Waals surface area contributed by atoms with Gasteiger partial charge in [-0.15, -0.1) is 0 Å². The molecule has 1 aromatic carbocycles. The van der Waals surface area contributed by atoms with Crippen LogP contribution in [0, 0.1) is 5.41 Å². The van der Waals surface area contributed by atoms with Crippen LogP contribution in [0.1, 0.15) is 31.2 Å². The standard InChI is InChI=1S/C20H30N2O2/c1-21-13-19(14-21)7-8-20(9-10-22(2)18(20)12-19)15-5-6-16(23-3)17(11-15)24-4/h5-6,11,18H,7-10,12-14H2,1-4H3. The lowest BCUT2D eigenvalue weighted by atomic mass is 9.56. The van der Waals surface area contributed by atoms with Crippen molar-refractivity contribution in [3.63, 3.8) is 0 Å². The lowest BCUT2D eigenvalue weighted by Crippen LogP contribution is -2.61. The van der Waals surface area contributed by atoms with Crippen LogP contribution >= 0.6 is 0 Å². The van der Waals surface area contributed by atoms with E-state index in [2.05, 4.69) is 42.1 Å². The van der Waals surface area contributed by atoms with Gasteiger partial charge in [-0.25, -0.2) is 0 Å². The summed E-state index contributed by atoms with van der Waals surface area (Å²) in [6.07, 6.45) is 5.25. The highest BCUT2D eigenvalue weighted by atomic mass is 16.5. The van der Waals surface area contributed by atoms with Gasteiger partial charge in [-0.1, -0.05) is 6.07 Å². The van der Waals surface area contributed by atoms with E-state index >= 15 is 0 Å². The van der Waals surface area contributed by atoms with Gasteiger partial charge in [0.1, 0.15) is 0 Å². The van der Waals surface area contributed by atoms with Crippen LogP contribution in [0.25, 0.3) is 0 Å². The number of likely N-dealkylation sites (tertiary alicyclic amines) is 2. The second-order valence-electron chi connectivity index (χ2n) is 8.35. The molecule has 1 saturated carbocycles. The van der Waals surface area contributed by atoms with Gasteiger partial charge in [0, 0.05) is 24.5 Å². The Bertz CT molecular complexity index is 626. The highest BCUT2D eigenvalue weighted by molar-refractivity contribution is 5.46. The Kier molecular flexibility index (Phi) is 3.81. The predicted octanol–water partition coefficient (Wildman–Crippen LogP) is 2.76. The van der Waals surface area contributed by atoms with Gasteiger partial charge in [-0.05, 0) is 69.4 Å². The Labute approximate surface area is 145 Å². The number of fused-ring (bicyclic) bond motifs is 1. The van der Waals surface area contributed by atoms with E-state index in [-0.39, 0.29) is 5.41 Å². The molecule has 2 atom stereocenters. The summed E-state index contributed by atoms with van der Waals surface area (Å²) in [6.45, 7) is 3.75. The summed E-state index contributed by atoms with van der Waals surface area (Å²) >= 11 is 0. The average molecular weight is 330 g/mol. The molecular formula is C20H30N2O2. The van der Waals surface area contributed by atoms with Gasteiger partial charge in [-0.3, -0.25) is 0 Å². The van der Waals surface area contributed by atoms with Crippen LogP contribution in [0.3, 0.4) is 0 Å². The van der Waals surface area contributed by atoms with E-state index in [0.717, 1.165) is 11.5 Å². The molecule has 3 fully saturated rings. The maximum Gasteiger partial charge on any atom is 0.161 e. The molecule has 24 heavy (non-hydrogen) atoms. The van der Waals surface area contributed by atoms with Crippen LogP contribution in [0.2, 0.25) is 0 Å². The molecule has 4 rings (SSSR count). The molecule has 1 aromatic rings. The first kappa shape index (κ1) is 16.2. The maximum atomic E-state index is 5.58. The maximum absolute atomic E-state index is 5.58. The highest BCUT2D eigenvalue weighted by Crippen LogP contribution is 2.56. The third-order valence-corrected chi connectivity index (χ3v) is 6.98. The van der Waals surface area contributed by atoms with Crippen LogP contribution in [-0.4, -0.2) is 63.8 Å². The van der Waals surface area contributed by atoms with E-state index in [1.165, 1.54) is 50.9 Å². The Hall–Kier alpha value is -1.26. The van der Waals surface area contributed by atoms with Crippen LogP contribution in [0.15, 0.2) is 18.2 Å². The summed E-state index contributed by atoms with van der Waals surface area (Å²) in [5, 5.41) is 0. The van der Waals surface area contributed by atoms with Crippen LogP contribution in [0.5, 0.6) is 11.5 Å². The molecule has 2 unspecified atom stereocenters. The number of rotatable bonds is 3. The molecule has 2 saturated heterocycles. The van der Waals surface area contributed by atoms with Gasteiger partial charge in [0.2, 0.25) is 0 Å². The fourth-order valence-corrected chi connectivity index (χ4v) is 5.78. The Morgan fingerprint density at radius 2 is 1.75 bits per heavy atom. The van der Waals surface area contributed by atoms with Crippen LogP contribution in [0.4, 0.5) is 0 Å². The van der Waals surface area contributed by atoms with Crippen molar-refractivity contribution in [2.24, 2.45) is 5.41 Å². The first-order valence-corrected chi connectivity index (χ1v) is 9.13. The van der Waals surface area contributed by atoms with Crippen LogP contribution < -0.4 is 9.47 Å². The monoisotopic (exact) mass is 330 g/mol. The van der Waals surface area contributed by atoms with Crippen molar-refractivity contribution in [1.29, 1.82) is 0 Å². The van der Waals surface area contributed by atoms with E-state index in [9.17, 15) is 0 Å². The number of hydrogen-bond acceptors (Lipinski definition) is 4. The van der Waals surface area contributed by atoms with E-state index < -0.39 is 0 Å². The van der Waals surface area contributed by atoms with Gasteiger partial charge >= 0.3 is 0 Å². The summed E-state index contributed by atoms with van der Waals surface area (Å²) in [4.78, 5) is 5.08. The number of hydrogen-bond donors (Lipinski definition) is 0. The second kappa shape index (κ2) is 5.63. The summed E-state index contributed by atoms with van der Waals surface area (Å²) in [7, 11) is 8.01. The Morgan fingerprint density at radius 1 is 1.00 bits per heavy atom. The molecule has 0 amide bonds. The van der Waals surface area contributed by atoms with Crippen molar-refractivity contribution in [1.82, 2.24) is 9.80 Å². The summed E-state index contributed by atoms with van der Waals surface area (Å²) in [5.74, 6) is 1.69. The molecule has 0 radical (unpaired) electrons.